The van der Waals surface area contributed by atoms with Gasteiger partial charge in [0.25, 0.3) is 5.91 Å². The Balaban J connectivity index is 1.35. The molecule has 2 aromatic heterocycles. The van der Waals surface area contributed by atoms with Gasteiger partial charge in [0.15, 0.2) is 0 Å². The van der Waals surface area contributed by atoms with E-state index >= 15 is 0 Å². The van der Waals surface area contributed by atoms with Crippen LogP contribution in [0.5, 0.6) is 0 Å². The maximum atomic E-state index is 12.7. The van der Waals surface area contributed by atoms with Crippen LogP contribution >= 0.6 is 11.6 Å². The minimum atomic E-state index is -0.158. The van der Waals surface area contributed by atoms with Gasteiger partial charge in [-0.1, -0.05) is 11.6 Å². The summed E-state index contributed by atoms with van der Waals surface area (Å²) in [5.41, 5.74) is 2.51. The number of benzene rings is 1. The van der Waals surface area contributed by atoms with E-state index in [9.17, 15) is 9.59 Å². The van der Waals surface area contributed by atoms with Crippen molar-refractivity contribution in [3.05, 3.63) is 65.1 Å². The van der Waals surface area contributed by atoms with Crippen molar-refractivity contribution in [2.24, 2.45) is 0 Å². The van der Waals surface area contributed by atoms with E-state index in [1.807, 2.05) is 29.2 Å². The number of piperidine rings is 1. The molecular formula is C22H24ClN5O2. The standard InChI is InChI=1S/C22H24ClN5O2/c1-27(19-3-2-10-28(14-19)21(29)15-6-8-24-9-7-15)22(30)25-13-18-12-16-11-17(23)4-5-20(16)26-18/h4-9,11-12,19,26H,2-3,10,13-14H2,1H3,(H,25,30)/t19-/m1/s1. The largest absolute Gasteiger partial charge is 0.357 e. The number of hydrogen-bond donors (Lipinski definition) is 2. The third-order valence-corrected chi connectivity index (χ3v) is 5.78. The zero-order valence-electron chi connectivity index (χ0n) is 16.8. The molecule has 3 heterocycles. The maximum absolute atomic E-state index is 12.7. The summed E-state index contributed by atoms with van der Waals surface area (Å²) in [5.74, 6) is -0.0207. The van der Waals surface area contributed by atoms with Crippen molar-refractivity contribution in [2.75, 3.05) is 20.1 Å². The van der Waals surface area contributed by atoms with Crippen LogP contribution in [0.25, 0.3) is 10.9 Å². The summed E-state index contributed by atoms with van der Waals surface area (Å²) in [5, 5.41) is 4.65. The molecule has 4 rings (SSSR count). The van der Waals surface area contributed by atoms with Crippen molar-refractivity contribution < 1.29 is 9.59 Å². The molecule has 0 spiro atoms. The summed E-state index contributed by atoms with van der Waals surface area (Å²) in [6.07, 6.45) is 4.97. The van der Waals surface area contributed by atoms with Crippen molar-refractivity contribution >= 4 is 34.4 Å². The summed E-state index contributed by atoms with van der Waals surface area (Å²) in [6, 6.07) is 10.9. The lowest BCUT2D eigenvalue weighted by Gasteiger charge is -2.37. The number of carbonyl (C=O) groups excluding carboxylic acids is 2. The second-order valence-corrected chi connectivity index (χ2v) is 8.02. The smallest absolute Gasteiger partial charge is 0.317 e. The Kier molecular flexibility index (Phi) is 5.90. The number of H-pyrrole nitrogens is 1. The molecular weight excluding hydrogens is 402 g/mol. The highest BCUT2D eigenvalue weighted by Crippen LogP contribution is 2.20. The molecule has 0 radical (unpaired) electrons. The number of nitrogens with one attached hydrogen (secondary N) is 2. The third-order valence-electron chi connectivity index (χ3n) is 5.55. The van der Waals surface area contributed by atoms with Gasteiger partial charge in [-0.05, 0) is 49.2 Å². The van der Waals surface area contributed by atoms with Crippen LogP contribution in [0.3, 0.4) is 0 Å². The number of likely N-dealkylation sites (N-methyl/N-ethyl adjacent to an activating group) is 1. The second-order valence-electron chi connectivity index (χ2n) is 7.58. The van der Waals surface area contributed by atoms with Gasteiger partial charge in [0.2, 0.25) is 0 Å². The van der Waals surface area contributed by atoms with Gasteiger partial charge >= 0.3 is 6.03 Å². The van der Waals surface area contributed by atoms with E-state index in [4.69, 9.17) is 11.6 Å². The zero-order valence-corrected chi connectivity index (χ0v) is 17.5. The van der Waals surface area contributed by atoms with Gasteiger partial charge in [0, 0.05) is 59.7 Å². The van der Waals surface area contributed by atoms with Crippen LogP contribution in [0.1, 0.15) is 28.9 Å². The van der Waals surface area contributed by atoms with Gasteiger partial charge in [-0.2, -0.15) is 0 Å². The van der Waals surface area contributed by atoms with Crippen LogP contribution in [0, 0.1) is 0 Å². The summed E-state index contributed by atoms with van der Waals surface area (Å²) in [4.78, 5) is 36.2. The molecule has 2 N–H and O–H groups in total. The third kappa shape index (κ3) is 4.41. The number of nitrogens with zero attached hydrogens (tertiary/aromatic N) is 3. The Morgan fingerprint density at radius 3 is 2.87 bits per heavy atom. The number of aromatic amines is 1. The molecule has 156 valence electrons. The summed E-state index contributed by atoms with van der Waals surface area (Å²) in [7, 11) is 1.78. The molecule has 8 heteroatoms. The Bertz CT molecular complexity index is 1050. The van der Waals surface area contributed by atoms with E-state index in [2.05, 4.69) is 15.3 Å². The lowest BCUT2D eigenvalue weighted by molar-refractivity contribution is 0.0636. The average Bonchev–Trinajstić information content (AvgIpc) is 3.19. The van der Waals surface area contributed by atoms with Crippen LogP contribution in [-0.4, -0.2) is 57.9 Å². The fraction of sp³-hybridized carbons (Fsp3) is 0.318. The van der Waals surface area contributed by atoms with E-state index in [0.29, 0.717) is 30.2 Å². The lowest BCUT2D eigenvalue weighted by Crippen LogP contribution is -2.52. The monoisotopic (exact) mass is 425 g/mol. The summed E-state index contributed by atoms with van der Waals surface area (Å²) < 4.78 is 0. The molecule has 0 aliphatic carbocycles. The topological polar surface area (TPSA) is 81.3 Å². The number of halogens is 1. The van der Waals surface area contributed by atoms with Gasteiger partial charge in [-0.3, -0.25) is 9.78 Å². The first kappa shape index (κ1) is 20.2. The van der Waals surface area contributed by atoms with Gasteiger partial charge < -0.3 is 20.1 Å². The molecule has 1 atom stereocenters. The number of urea groups is 1. The van der Waals surface area contributed by atoms with Gasteiger partial charge in [0.1, 0.15) is 0 Å². The van der Waals surface area contributed by atoms with E-state index in [1.54, 1.807) is 36.5 Å². The van der Waals surface area contributed by atoms with Crippen molar-refractivity contribution in [2.45, 2.75) is 25.4 Å². The van der Waals surface area contributed by atoms with Crippen LogP contribution in [0.4, 0.5) is 4.79 Å². The second kappa shape index (κ2) is 8.75. The fourth-order valence-electron chi connectivity index (χ4n) is 3.85. The number of likely N-dealkylation sites (tertiary alicyclic amines) is 1. The first-order chi connectivity index (χ1) is 14.5. The van der Waals surface area contributed by atoms with Gasteiger partial charge in [-0.25, -0.2) is 4.79 Å². The molecule has 3 amide bonds. The molecule has 0 bridgehead atoms. The SMILES string of the molecule is CN(C(=O)NCc1cc2cc(Cl)ccc2[nH]1)[C@@H]1CCCN(C(=O)c2ccncc2)C1. The number of rotatable bonds is 4. The summed E-state index contributed by atoms with van der Waals surface area (Å²) >= 11 is 6.03. The predicted octanol–water partition coefficient (Wildman–Crippen LogP) is 3.66. The number of carbonyl (C=O) groups is 2. The van der Waals surface area contributed by atoms with Gasteiger partial charge in [0.05, 0.1) is 12.6 Å². The fourth-order valence-corrected chi connectivity index (χ4v) is 4.03. The predicted molar refractivity (Wildman–Crippen MR) is 116 cm³/mol. The molecule has 30 heavy (non-hydrogen) atoms. The Morgan fingerprint density at radius 2 is 2.07 bits per heavy atom. The average molecular weight is 426 g/mol. The van der Waals surface area contributed by atoms with Crippen molar-refractivity contribution in [1.29, 1.82) is 0 Å². The maximum Gasteiger partial charge on any atom is 0.317 e. The lowest BCUT2D eigenvalue weighted by atomic mass is 10.0. The zero-order chi connectivity index (χ0) is 21.1. The van der Waals surface area contributed by atoms with Crippen LogP contribution in [-0.2, 0) is 6.54 Å². The van der Waals surface area contributed by atoms with Crippen LogP contribution in [0.15, 0.2) is 48.8 Å². The van der Waals surface area contributed by atoms with E-state index in [0.717, 1.165) is 29.4 Å². The van der Waals surface area contributed by atoms with Gasteiger partial charge in [-0.15, -0.1) is 0 Å². The number of fused-ring (bicyclic) bond motifs is 1. The molecule has 1 aliphatic heterocycles. The Labute approximate surface area is 180 Å². The first-order valence-electron chi connectivity index (χ1n) is 9.98. The Morgan fingerprint density at radius 1 is 1.27 bits per heavy atom. The Hall–Kier alpha value is -3.06. The number of pyridine rings is 1. The number of hydrogen-bond acceptors (Lipinski definition) is 3. The number of amides is 3. The van der Waals surface area contributed by atoms with Crippen molar-refractivity contribution in [1.82, 2.24) is 25.1 Å². The highest BCUT2D eigenvalue weighted by atomic mass is 35.5. The summed E-state index contributed by atoms with van der Waals surface area (Å²) in [6.45, 7) is 1.61. The molecule has 1 fully saturated rings. The van der Waals surface area contributed by atoms with E-state index < -0.39 is 0 Å². The van der Waals surface area contributed by atoms with Crippen molar-refractivity contribution in [3.63, 3.8) is 0 Å². The van der Waals surface area contributed by atoms with E-state index in [1.165, 1.54) is 0 Å². The van der Waals surface area contributed by atoms with E-state index in [-0.39, 0.29) is 18.0 Å². The molecule has 0 unspecified atom stereocenters. The molecule has 1 saturated heterocycles. The normalized spacial score (nSPS) is 16.5. The highest BCUT2D eigenvalue weighted by molar-refractivity contribution is 6.31. The minimum absolute atomic E-state index is 0.0207. The number of aromatic nitrogens is 2. The van der Waals surface area contributed by atoms with Crippen molar-refractivity contribution in [3.8, 4) is 0 Å². The minimum Gasteiger partial charge on any atom is -0.357 e. The molecule has 3 aromatic rings. The van der Waals surface area contributed by atoms with Crippen LogP contribution in [0.2, 0.25) is 5.02 Å². The molecule has 1 aliphatic rings. The quantitative estimate of drug-likeness (QED) is 0.669. The molecule has 1 aromatic carbocycles. The highest BCUT2D eigenvalue weighted by Gasteiger charge is 2.29. The van der Waals surface area contributed by atoms with Crippen LogP contribution < -0.4 is 5.32 Å². The first-order valence-corrected chi connectivity index (χ1v) is 10.4. The molecule has 7 nitrogen and oxygen atoms in total. The molecule has 0 saturated carbocycles.